The van der Waals surface area contributed by atoms with Crippen molar-refractivity contribution in [2.24, 2.45) is 4.99 Å². The first kappa shape index (κ1) is 11.5. The van der Waals surface area contributed by atoms with Gasteiger partial charge in [0.2, 0.25) is 0 Å². The molecule has 0 saturated heterocycles. The number of aliphatic imine (C=N–C) groups is 1. The molecule has 0 bridgehead atoms. The Kier molecular flexibility index (Phi) is 3.32. The van der Waals surface area contributed by atoms with Crippen molar-refractivity contribution in [1.29, 1.82) is 0 Å². The number of allylic oxidation sites excluding steroid dienone is 1. The summed E-state index contributed by atoms with van der Waals surface area (Å²) in [6.45, 7) is 0. The highest BCUT2D eigenvalue weighted by Gasteiger charge is 2.17. The lowest BCUT2D eigenvalue weighted by molar-refractivity contribution is 0.273. The molecule has 1 aliphatic heterocycles. The lowest BCUT2D eigenvalue weighted by Crippen LogP contribution is -2.22. The van der Waals surface area contributed by atoms with E-state index in [2.05, 4.69) is 4.99 Å². The molecule has 0 N–H and O–H groups in total. The molecule has 1 aromatic carbocycles. The molecule has 17 heavy (non-hydrogen) atoms. The molecule has 1 unspecified atom stereocenters. The molecule has 1 atom stereocenters. The van der Waals surface area contributed by atoms with Gasteiger partial charge < -0.3 is 14.4 Å². The van der Waals surface area contributed by atoms with Gasteiger partial charge in [0.25, 0.3) is 0 Å². The summed E-state index contributed by atoms with van der Waals surface area (Å²) in [7, 11) is 5.28. The second kappa shape index (κ2) is 4.91. The number of hydrogen-bond acceptors (Lipinski definition) is 4. The summed E-state index contributed by atoms with van der Waals surface area (Å²) in [5.74, 6) is 1.61. The molecular formula is C13H16N2O2. The summed E-state index contributed by atoms with van der Waals surface area (Å²) in [6.07, 6.45) is 3.68. The molecule has 1 aromatic rings. The number of rotatable bonds is 3. The third-order valence-electron chi connectivity index (χ3n) is 2.71. The topological polar surface area (TPSA) is 34.1 Å². The van der Waals surface area contributed by atoms with Gasteiger partial charge >= 0.3 is 0 Å². The summed E-state index contributed by atoms with van der Waals surface area (Å²) in [5, 5.41) is 0. The van der Waals surface area contributed by atoms with Crippen LogP contribution < -0.4 is 4.74 Å². The van der Waals surface area contributed by atoms with E-state index in [-0.39, 0.29) is 6.17 Å². The molecular weight excluding hydrogens is 216 g/mol. The van der Waals surface area contributed by atoms with Crippen LogP contribution in [-0.4, -0.2) is 32.4 Å². The second-order valence-electron chi connectivity index (χ2n) is 3.83. The van der Waals surface area contributed by atoms with Gasteiger partial charge in [-0.25, -0.2) is 0 Å². The lowest BCUT2D eigenvalue weighted by atomic mass is 10.1. The van der Waals surface area contributed by atoms with Crippen molar-refractivity contribution in [2.45, 2.75) is 6.17 Å². The maximum Gasteiger partial charge on any atom is 0.152 e. The summed E-state index contributed by atoms with van der Waals surface area (Å²) in [4.78, 5) is 6.47. The predicted molar refractivity (Wildman–Crippen MR) is 67.1 cm³/mol. The fraction of sp³-hybridized carbons (Fsp3) is 0.308. The molecule has 0 radical (unpaired) electrons. The molecule has 1 heterocycles. The lowest BCUT2D eigenvalue weighted by Gasteiger charge is -2.27. The van der Waals surface area contributed by atoms with Crippen molar-refractivity contribution >= 4 is 6.21 Å². The zero-order valence-corrected chi connectivity index (χ0v) is 10.3. The Morgan fingerprint density at radius 1 is 1.12 bits per heavy atom. The summed E-state index contributed by atoms with van der Waals surface area (Å²) < 4.78 is 10.3. The van der Waals surface area contributed by atoms with E-state index in [1.54, 1.807) is 20.4 Å². The Labute approximate surface area is 101 Å². The maximum absolute atomic E-state index is 5.13. The summed E-state index contributed by atoms with van der Waals surface area (Å²) in [5.41, 5.74) is 1.12. The quantitative estimate of drug-likeness (QED) is 0.801. The van der Waals surface area contributed by atoms with Crippen LogP contribution in [0.2, 0.25) is 0 Å². The molecule has 0 spiro atoms. The van der Waals surface area contributed by atoms with Crippen LogP contribution in [0, 0.1) is 0 Å². The van der Waals surface area contributed by atoms with E-state index in [1.165, 1.54) is 0 Å². The van der Waals surface area contributed by atoms with Gasteiger partial charge in [0.15, 0.2) is 5.76 Å². The van der Waals surface area contributed by atoms with E-state index in [1.807, 2.05) is 42.4 Å². The molecule has 0 aromatic heterocycles. The minimum absolute atomic E-state index is 0.000180. The summed E-state index contributed by atoms with van der Waals surface area (Å²) in [6, 6.07) is 7.91. The molecule has 0 aliphatic carbocycles. The van der Waals surface area contributed by atoms with Crippen LogP contribution in [0.3, 0.4) is 0 Å². The number of hydrogen-bond donors (Lipinski definition) is 0. The first-order chi connectivity index (χ1) is 8.24. The van der Waals surface area contributed by atoms with Crippen molar-refractivity contribution in [1.82, 2.24) is 4.90 Å². The predicted octanol–water partition coefficient (Wildman–Crippen LogP) is 2.20. The normalized spacial score (nSPS) is 18.9. The van der Waals surface area contributed by atoms with Gasteiger partial charge in [-0.1, -0.05) is 12.1 Å². The van der Waals surface area contributed by atoms with Crippen LogP contribution in [0.25, 0.3) is 0 Å². The smallest absolute Gasteiger partial charge is 0.152 e. The highest BCUT2D eigenvalue weighted by Crippen LogP contribution is 2.26. The van der Waals surface area contributed by atoms with Gasteiger partial charge in [-0.15, -0.1) is 0 Å². The van der Waals surface area contributed by atoms with Crippen molar-refractivity contribution < 1.29 is 9.47 Å². The molecule has 4 nitrogen and oxygen atoms in total. The van der Waals surface area contributed by atoms with E-state index in [9.17, 15) is 0 Å². The first-order valence-corrected chi connectivity index (χ1v) is 5.39. The fourth-order valence-corrected chi connectivity index (χ4v) is 1.76. The van der Waals surface area contributed by atoms with Crippen molar-refractivity contribution in [3.8, 4) is 5.75 Å². The average molecular weight is 232 g/mol. The van der Waals surface area contributed by atoms with E-state index >= 15 is 0 Å². The van der Waals surface area contributed by atoms with Crippen LogP contribution in [0.5, 0.6) is 5.75 Å². The number of nitrogens with zero attached hydrogens (tertiary/aromatic N) is 2. The van der Waals surface area contributed by atoms with E-state index < -0.39 is 0 Å². The zero-order chi connectivity index (χ0) is 12.3. The minimum atomic E-state index is -0.000180. The molecule has 90 valence electrons. The Morgan fingerprint density at radius 2 is 1.82 bits per heavy atom. The highest BCUT2D eigenvalue weighted by molar-refractivity contribution is 5.76. The van der Waals surface area contributed by atoms with Crippen LogP contribution in [0.15, 0.2) is 41.2 Å². The summed E-state index contributed by atoms with van der Waals surface area (Å²) >= 11 is 0. The molecule has 4 heteroatoms. The van der Waals surface area contributed by atoms with Crippen molar-refractivity contribution in [3.63, 3.8) is 0 Å². The number of benzene rings is 1. The number of methoxy groups -OCH3 is 2. The van der Waals surface area contributed by atoms with Gasteiger partial charge in [0, 0.05) is 13.2 Å². The maximum atomic E-state index is 5.13. The van der Waals surface area contributed by atoms with Gasteiger partial charge in [0.1, 0.15) is 11.9 Å². The van der Waals surface area contributed by atoms with E-state index in [0.717, 1.165) is 17.1 Å². The van der Waals surface area contributed by atoms with Crippen LogP contribution >= 0.6 is 0 Å². The zero-order valence-electron chi connectivity index (χ0n) is 10.3. The second-order valence-corrected chi connectivity index (χ2v) is 3.83. The molecule has 1 aliphatic rings. The van der Waals surface area contributed by atoms with Crippen LogP contribution in [0.1, 0.15) is 11.7 Å². The Bertz CT molecular complexity index is 437. The Morgan fingerprint density at radius 3 is 2.35 bits per heavy atom. The standard InChI is InChI=1S/C13H16N2O2/c1-15-9-12(17-3)8-14-13(15)10-4-6-11(16-2)7-5-10/h4-9,13H,1-3H3. The average Bonchev–Trinajstić information content (AvgIpc) is 2.39. The SMILES string of the molecule is COC1=CN(C)C(c2ccc(OC)cc2)N=C1. The molecule has 0 fully saturated rings. The van der Waals surface area contributed by atoms with Gasteiger partial charge in [-0.2, -0.15) is 0 Å². The van der Waals surface area contributed by atoms with Gasteiger partial charge in [0.05, 0.1) is 20.4 Å². The molecule has 0 amide bonds. The van der Waals surface area contributed by atoms with Crippen molar-refractivity contribution in [3.05, 3.63) is 41.8 Å². The van der Waals surface area contributed by atoms with E-state index in [4.69, 9.17) is 9.47 Å². The fourth-order valence-electron chi connectivity index (χ4n) is 1.76. The van der Waals surface area contributed by atoms with Crippen LogP contribution in [-0.2, 0) is 4.74 Å². The third kappa shape index (κ3) is 2.41. The van der Waals surface area contributed by atoms with Crippen LogP contribution in [0.4, 0.5) is 0 Å². The minimum Gasteiger partial charge on any atom is -0.497 e. The highest BCUT2D eigenvalue weighted by atomic mass is 16.5. The Balaban J connectivity index is 2.18. The monoisotopic (exact) mass is 232 g/mol. The van der Waals surface area contributed by atoms with Gasteiger partial charge in [-0.3, -0.25) is 4.99 Å². The van der Waals surface area contributed by atoms with Crippen molar-refractivity contribution in [2.75, 3.05) is 21.3 Å². The number of ether oxygens (including phenoxy) is 2. The Hall–Kier alpha value is -1.97. The third-order valence-corrected chi connectivity index (χ3v) is 2.71. The van der Waals surface area contributed by atoms with E-state index in [0.29, 0.717) is 0 Å². The first-order valence-electron chi connectivity index (χ1n) is 5.39. The molecule has 2 rings (SSSR count). The molecule has 0 saturated carbocycles. The van der Waals surface area contributed by atoms with Gasteiger partial charge in [-0.05, 0) is 17.7 Å². The largest absolute Gasteiger partial charge is 0.497 e.